The lowest BCUT2D eigenvalue weighted by molar-refractivity contribution is 0.353. The number of nitrogens with zero attached hydrogens (tertiary/aromatic N) is 2. The Labute approximate surface area is 152 Å². The van der Waals surface area contributed by atoms with Crippen molar-refractivity contribution < 1.29 is 17.9 Å². The zero-order chi connectivity index (χ0) is 18.9. The molecule has 0 bridgehead atoms. The Morgan fingerprint density at radius 1 is 1.27 bits per heavy atom. The average Bonchev–Trinajstić information content (AvgIpc) is 2.66. The van der Waals surface area contributed by atoms with E-state index in [4.69, 9.17) is 20.6 Å². The number of pyridine rings is 1. The molecule has 1 aliphatic rings. The summed E-state index contributed by atoms with van der Waals surface area (Å²) in [5.41, 5.74) is 8.00. The van der Waals surface area contributed by atoms with Gasteiger partial charge in [0.1, 0.15) is 5.82 Å². The lowest BCUT2D eigenvalue weighted by Crippen LogP contribution is -2.36. The van der Waals surface area contributed by atoms with Gasteiger partial charge < -0.3 is 20.6 Å². The molecular formula is C17H20N4O4S. The summed E-state index contributed by atoms with van der Waals surface area (Å²) in [6.07, 6.45) is 3.22. The highest BCUT2D eigenvalue weighted by Gasteiger charge is 2.30. The number of nitrogens with two attached hydrogens (primary N) is 1. The van der Waals surface area contributed by atoms with Gasteiger partial charge in [0.25, 0.3) is 0 Å². The van der Waals surface area contributed by atoms with Crippen molar-refractivity contribution in [1.29, 1.82) is 5.41 Å². The van der Waals surface area contributed by atoms with Crippen LogP contribution in [0.15, 0.2) is 29.3 Å². The van der Waals surface area contributed by atoms with Gasteiger partial charge in [-0.3, -0.25) is 0 Å². The molecule has 1 aromatic carbocycles. The predicted octanol–water partition coefficient (Wildman–Crippen LogP) is 1.43. The van der Waals surface area contributed by atoms with Crippen molar-refractivity contribution in [2.45, 2.75) is 17.9 Å². The number of hydrogen-bond acceptors (Lipinski definition) is 7. The summed E-state index contributed by atoms with van der Waals surface area (Å²) >= 11 is 0. The van der Waals surface area contributed by atoms with Crippen molar-refractivity contribution >= 4 is 22.1 Å². The van der Waals surface area contributed by atoms with Crippen molar-refractivity contribution in [2.24, 2.45) is 0 Å². The fraction of sp³-hybridized carbons (Fsp3) is 0.294. The van der Waals surface area contributed by atoms with Gasteiger partial charge in [-0.1, -0.05) is 0 Å². The highest BCUT2D eigenvalue weighted by molar-refractivity contribution is 7.89. The summed E-state index contributed by atoms with van der Waals surface area (Å²) in [5.74, 6) is 1.10. The molecule has 0 fully saturated rings. The first-order valence-corrected chi connectivity index (χ1v) is 9.35. The molecule has 8 nitrogen and oxygen atoms in total. The number of hydrogen-bond donors (Lipinski definition) is 2. The van der Waals surface area contributed by atoms with Crippen LogP contribution in [-0.4, -0.2) is 44.7 Å². The Morgan fingerprint density at radius 3 is 2.65 bits per heavy atom. The van der Waals surface area contributed by atoms with E-state index in [0.29, 0.717) is 30.0 Å². The molecule has 138 valence electrons. The van der Waals surface area contributed by atoms with Crippen molar-refractivity contribution in [3.8, 4) is 11.5 Å². The van der Waals surface area contributed by atoms with Gasteiger partial charge in [-0.2, -0.15) is 4.31 Å². The van der Waals surface area contributed by atoms with Crippen LogP contribution in [0, 0.1) is 5.41 Å². The Balaban J connectivity index is 1.96. The van der Waals surface area contributed by atoms with Gasteiger partial charge in [0.05, 0.1) is 19.1 Å². The van der Waals surface area contributed by atoms with Gasteiger partial charge in [0, 0.05) is 37.1 Å². The van der Waals surface area contributed by atoms with Crippen LogP contribution in [0.2, 0.25) is 0 Å². The minimum absolute atomic E-state index is 0.134. The van der Waals surface area contributed by atoms with E-state index in [-0.39, 0.29) is 17.3 Å². The summed E-state index contributed by atoms with van der Waals surface area (Å²) < 4.78 is 37.8. The average molecular weight is 376 g/mol. The zero-order valence-electron chi connectivity index (χ0n) is 14.5. The number of benzene rings is 1. The molecule has 0 saturated heterocycles. The molecule has 2 heterocycles. The molecule has 2 aromatic rings. The summed E-state index contributed by atoms with van der Waals surface area (Å²) in [5, 5.41) is 7.51. The first-order valence-electron chi connectivity index (χ1n) is 7.91. The Kier molecular flexibility index (Phi) is 4.84. The van der Waals surface area contributed by atoms with Crippen LogP contribution < -0.4 is 15.2 Å². The van der Waals surface area contributed by atoms with Gasteiger partial charge in [-0.15, -0.1) is 0 Å². The number of nitrogens with one attached hydrogen (secondary N) is 1. The largest absolute Gasteiger partial charge is 0.493 e. The minimum Gasteiger partial charge on any atom is -0.493 e. The van der Waals surface area contributed by atoms with E-state index in [1.807, 2.05) is 0 Å². The second-order valence-corrected chi connectivity index (χ2v) is 7.75. The fourth-order valence-corrected chi connectivity index (χ4v) is 4.49. The number of rotatable bonds is 5. The van der Waals surface area contributed by atoms with Gasteiger partial charge >= 0.3 is 0 Å². The molecule has 1 aromatic heterocycles. The number of anilines is 1. The van der Waals surface area contributed by atoms with E-state index in [0.717, 1.165) is 11.1 Å². The maximum absolute atomic E-state index is 13.0. The molecule has 3 rings (SSSR count). The number of fused-ring (bicyclic) bond motifs is 1. The second kappa shape index (κ2) is 6.93. The summed E-state index contributed by atoms with van der Waals surface area (Å²) in [6, 6.07) is 4.52. The van der Waals surface area contributed by atoms with E-state index < -0.39 is 10.0 Å². The van der Waals surface area contributed by atoms with Crippen LogP contribution in [-0.2, 0) is 23.0 Å². The van der Waals surface area contributed by atoms with Crippen LogP contribution in [0.3, 0.4) is 0 Å². The quantitative estimate of drug-likeness (QED) is 0.762. The Bertz CT molecular complexity index is 959. The lowest BCUT2D eigenvalue weighted by atomic mass is 9.98. The molecule has 0 saturated carbocycles. The van der Waals surface area contributed by atoms with E-state index in [2.05, 4.69) is 4.98 Å². The molecule has 9 heteroatoms. The zero-order valence-corrected chi connectivity index (χ0v) is 15.3. The summed E-state index contributed by atoms with van der Waals surface area (Å²) in [7, 11) is -0.758. The Morgan fingerprint density at radius 2 is 2.00 bits per heavy atom. The molecule has 0 atom stereocenters. The number of sulfonamides is 1. The highest BCUT2D eigenvalue weighted by atomic mass is 32.2. The van der Waals surface area contributed by atoms with E-state index >= 15 is 0 Å². The van der Waals surface area contributed by atoms with E-state index in [1.165, 1.54) is 36.9 Å². The highest BCUT2D eigenvalue weighted by Crippen LogP contribution is 2.32. The molecule has 0 aliphatic carbocycles. The molecular weight excluding hydrogens is 356 g/mol. The van der Waals surface area contributed by atoms with Crippen LogP contribution in [0.25, 0.3) is 0 Å². The van der Waals surface area contributed by atoms with Gasteiger partial charge in [0.15, 0.2) is 11.5 Å². The monoisotopic (exact) mass is 376 g/mol. The first-order chi connectivity index (χ1) is 12.4. The molecule has 0 radical (unpaired) electrons. The standard InChI is InChI=1S/C17H20N4O4S/c1-24-15-4-3-12(7-16(15)25-2)26(22,23)21-6-5-13-11(10-21)9-20-17(19)14(13)8-18/h3-4,7-9,18H,5-6,10H2,1-2H3,(H2,19,20). The van der Waals surface area contributed by atoms with Gasteiger partial charge in [-0.25, -0.2) is 13.4 Å². The molecule has 1 aliphatic heterocycles. The molecule has 0 unspecified atom stereocenters. The van der Waals surface area contributed by atoms with E-state index in [1.54, 1.807) is 12.3 Å². The molecule has 26 heavy (non-hydrogen) atoms. The van der Waals surface area contributed by atoms with Crippen molar-refractivity contribution in [3.05, 3.63) is 41.1 Å². The lowest BCUT2D eigenvalue weighted by Gasteiger charge is -2.29. The number of ether oxygens (including phenoxy) is 2. The topological polar surface area (TPSA) is 119 Å². The van der Waals surface area contributed by atoms with Crippen molar-refractivity contribution in [2.75, 3.05) is 26.5 Å². The van der Waals surface area contributed by atoms with Gasteiger partial charge in [0.2, 0.25) is 10.0 Å². The SMILES string of the molecule is COc1ccc(S(=O)(=O)N2CCc3c(cnc(N)c3C=N)C2)cc1OC. The second-order valence-electron chi connectivity index (χ2n) is 5.81. The molecule has 0 amide bonds. The number of nitrogen functional groups attached to an aromatic ring is 1. The Hall–Kier alpha value is -2.65. The third kappa shape index (κ3) is 2.99. The smallest absolute Gasteiger partial charge is 0.243 e. The first kappa shape index (κ1) is 18.2. The van der Waals surface area contributed by atoms with Gasteiger partial charge in [-0.05, 0) is 29.7 Å². The van der Waals surface area contributed by atoms with Crippen molar-refractivity contribution in [3.63, 3.8) is 0 Å². The molecule has 0 spiro atoms. The maximum Gasteiger partial charge on any atom is 0.243 e. The molecule has 3 N–H and O–H groups in total. The van der Waals surface area contributed by atoms with Crippen molar-refractivity contribution in [1.82, 2.24) is 9.29 Å². The minimum atomic E-state index is -3.71. The van der Waals surface area contributed by atoms with Crippen LogP contribution in [0.1, 0.15) is 16.7 Å². The maximum atomic E-state index is 13.0. The summed E-state index contributed by atoms with van der Waals surface area (Å²) in [6.45, 7) is 0.480. The van der Waals surface area contributed by atoms with Crippen LogP contribution in [0.5, 0.6) is 11.5 Å². The number of methoxy groups -OCH3 is 2. The summed E-state index contributed by atoms with van der Waals surface area (Å²) in [4.78, 5) is 4.20. The normalized spacial score (nSPS) is 14.5. The predicted molar refractivity (Wildman–Crippen MR) is 97.4 cm³/mol. The van der Waals surface area contributed by atoms with Crippen LogP contribution >= 0.6 is 0 Å². The van der Waals surface area contributed by atoms with Crippen LogP contribution in [0.4, 0.5) is 5.82 Å². The fourth-order valence-electron chi connectivity index (χ4n) is 3.05. The van der Waals surface area contributed by atoms with E-state index in [9.17, 15) is 8.42 Å². The third-order valence-electron chi connectivity index (χ3n) is 4.44. The number of aromatic nitrogens is 1. The third-order valence-corrected chi connectivity index (χ3v) is 6.28.